The molecule has 0 radical (unpaired) electrons. The number of rotatable bonds is 3. The van der Waals surface area contributed by atoms with Crippen molar-refractivity contribution in [3.63, 3.8) is 0 Å². The van der Waals surface area contributed by atoms with Crippen LogP contribution in [0.25, 0.3) is 0 Å². The molecule has 14 heavy (non-hydrogen) atoms. The molecule has 1 saturated carbocycles. The van der Waals surface area contributed by atoms with Crippen molar-refractivity contribution >= 4 is 18.4 Å². The highest BCUT2D eigenvalue weighted by Gasteiger charge is 2.29. The normalized spacial score (nSPS) is 28.5. The molecule has 1 aliphatic rings. The van der Waals surface area contributed by atoms with Gasteiger partial charge < -0.3 is 4.72 Å². The van der Waals surface area contributed by atoms with Crippen molar-refractivity contribution < 1.29 is 4.79 Å². The smallest absolute Gasteiger partial charge is 0.216 e. The molecule has 0 aliphatic heterocycles. The van der Waals surface area contributed by atoms with E-state index in [9.17, 15) is 4.79 Å². The molecule has 0 unspecified atom stereocenters. The topological polar surface area (TPSA) is 29.1 Å². The molecule has 0 saturated heterocycles. The van der Waals surface area contributed by atoms with Gasteiger partial charge in [0.2, 0.25) is 6.41 Å². The standard InChI is InChI=1S/C11H21NOS/c1-11(2,3)9-4-6-10(7-5-9)14-12-8-13/h8-10H,4-7H2,1-3H3,(H,12,13). The fourth-order valence-corrected chi connectivity index (χ4v) is 2.93. The molecule has 2 nitrogen and oxygen atoms in total. The van der Waals surface area contributed by atoms with Gasteiger partial charge in [0, 0.05) is 5.25 Å². The van der Waals surface area contributed by atoms with Crippen molar-refractivity contribution in [2.24, 2.45) is 11.3 Å². The van der Waals surface area contributed by atoms with Crippen molar-refractivity contribution in [3.8, 4) is 0 Å². The summed E-state index contributed by atoms with van der Waals surface area (Å²) in [5.41, 5.74) is 0.452. The van der Waals surface area contributed by atoms with Crippen LogP contribution >= 0.6 is 11.9 Å². The lowest BCUT2D eigenvalue weighted by atomic mass is 9.72. The SMILES string of the molecule is CC(C)(C)C1CCC(SNC=O)CC1. The fourth-order valence-electron chi connectivity index (χ4n) is 2.17. The molecule has 82 valence electrons. The molecule has 0 bridgehead atoms. The van der Waals surface area contributed by atoms with E-state index >= 15 is 0 Å². The Labute approximate surface area is 91.4 Å². The van der Waals surface area contributed by atoms with Crippen molar-refractivity contribution in [2.75, 3.05) is 0 Å². The third kappa shape index (κ3) is 3.52. The van der Waals surface area contributed by atoms with Gasteiger partial charge in [-0.05, 0) is 49.0 Å². The average Bonchev–Trinajstić information content (AvgIpc) is 2.14. The van der Waals surface area contributed by atoms with E-state index in [-0.39, 0.29) is 0 Å². The molecule has 1 aliphatic carbocycles. The number of carbonyl (C=O) groups excluding carboxylic acids is 1. The van der Waals surface area contributed by atoms with E-state index in [1.165, 1.54) is 25.7 Å². The highest BCUT2D eigenvalue weighted by atomic mass is 32.2. The Morgan fingerprint density at radius 1 is 1.21 bits per heavy atom. The second-order valence-electron chi connectivity index (χ2n) is 5.19. The molecule has 0 atom stereocenters. The van der Waals surface area contributed by atoms with Crippen LogP contribution in [0.15, 0.2) is 0 Å². The van der Waals surface area contributed by atoms with E-state index in [1.807, 2.05) is 0 Å². The van der Waals surface area contributed by atoms with Crippen LogP contribution in [0.1, 0.15) is 46.5 Å². The molecule has 1 fully saturated rings. The summed E-state index contributed by atoms with van der Waals surface area (Å²) < 4.78 is 2.71. The summed E-state index contributed by atoms with van der Waals surface area (Å²) in [6, 6.07) is 0. The fraction of sp³-hybridized carbons (Fsp3) is 0.909. The Morgan fingerprint density at radius 3 is 2.21 bits per heavy atom. The van der Waals surface area contributed by atoms with E-state index < -0.39 is 0 Å². The summed E-state index contributed by atoms with van der Waals surface area (Å²) in [5, 5.41) is 0.638. The minimum Gasteiger partial charge on any atom is -0.303 e. The van der Waals surface area contributed by atoms with Gasteiger partial charge in [0.05, 0.1) is 0 Å². The predicted octanol–water partition coefficient (Wildman–Crippen LogP) is 2.99. The Bertz CT molecular complexity index is 180. The zero-order valence-corrected chi connectivity index (χ0v) is 10.2. The first-order chi connectivity index (χ1) is 6.54. The van der Waals surface area contributed by atoms with Gasteiger partial charge in [-0.3, -0.25) is 4.79 Å². The first-order valence-electron chi connectivity index (χ1n) is 5.39. The van der Waals surface area contributed by atoms with Crippen LogP contribution in [-0.4, -0.2) is 11.7 Å². The Morgan fingerprint density at radius 2 is 1.79 bits per heavy atom. The van der Waals surface area contributed by atoms with Crippen LogP contribution in [-0.2, 0) is 4.79 Å². The molecular weight excluding hydrogens is 194 g/mol. The largest absolute Gasteiger partial charge is 0.303 e. The van der Waals surface area contributed by atoms with E-state index in [0.717, 1.165) is 12.3 Å². The second-order valence-corrected chi connectivity index (χ2v) is 6.33. The number of hydrogen-bond acceptors (Lipinski definition) is 2. The highest BCUT2D eigenvalue weighted by Crippen LogP contribution is 2.40. The van der Waals surface area contributed by atoms with Gasteiger partial charge in [-0.15, -0.1) is 0 Å². The maximum atomic E-state index is 10.1. The van der Waals surface area contributed by atoms with Crippen molar-refractivity contribution in [1.82, 2.24) is 4.72 Å². The molecule has 0 heterocycles. The van der Waals surface area contributed by atoms with E-state index in [0.29, 0.717) is 10.7 Å². The number of nitrogens with one attached hydrogen (secondary N) is 1. The monoisotopic (exact) mass is 215 g/mol. The van der Waals surface area contributed by atoms with Crippen LogP contribution < -0.4 is 4.72 Å². The summed E-state index contributed by atoms with van der Waals surface area (Å²) in [6.07, 6.45) is 5.88. The average molecular weight is 215 g/mol. The first-order valence-corrected chi connectivity index (χ1v) is 6.27. The van der Waals surface area contributed by atoms with E-state index in [4.69, 9.17) is 0 Å². The van der Waals surface area contributed by atoms with Gasteiger partial charge in [-0.1, -0.05) is 20.8 Å². The summed E-state index contributed by atoms with van der Waals surface area (Å²) in [6.45, 7) is 6.98. The van der Waals surface area contributed by atoms with E-state index in [2.05, 4.69) is 25.5 Å². The van der Waals surface area contributed by atoms with Gasteiger partial charge in [0.15, 0.2) is 0 Å². The summed E-state index contributed by atoms with van der Waals surface area (Å²) in [4.78, 5) is 10.1. The van der Waals surface area contributed by atoms with Gasteiger partial charge in [0.25, 0.3) is 0 Å². The lowest BCUT2D eigenvalue weighted by Gasteiger charge is -2.36. The van der Waals surface area contributed by atoms with E-state index in [1.54, 1.807) is 11.9 Å². The Hall–Kier alpha value is -0.180. The molecule has 0 aromatic rings. The molecule has 1 rings (SSSR count). The minimum absolute atomic E-state index is 0.452. The van der Waals surface area contributed by atoms with Gasteiger partial charge in [-0.25, -0.2) is 0 Å². The maximum absolute atomic E-state index is 10.1. The molecule has 0 aromatic heterocycles. The Balaban J connectivity index is 2.27. The maximum Gasteiger partial charge on any atom is 0.216 e. The summed E-state index contributed by atoms with van der Waals surface area (Å²) in [7, 11) is 0. The van der Waals surface area contributed by atoms with Crippen molar-refractivity contribution in [3.05, 3.63) is 0 Å². The zero-order valence-electron chi connectivity index (χ0n) is 9.38. The highest BCUT2D eigenvalue weighted by molar-refractivity contribution is 7.98. The summed E-state index contributed by atoms with van der Waals surface area (Å²) >= 11 is 1.59. The lowest BCUT2D eigenvalue weighted by Crippen LogP contribution is -2.27. The number of amides is 1. The third-order valence-electron chi connectivity index (χ3n) is 3.18. The molecular formula is C11H21NOS. The van der Waals surface area contributed by atoms with Crippen LogP contribution in [0.2, 0.25) is 0 Å². The molecule has 1 N–H and O–H groups in total. The number of hydrogen-bond donors (Lipinski definition) is 1. The first kappa shape index (κ1) is 11.9. The molecule has 3 heteroatoms. The van der Waals surface area contributed by atoms with Crippen LogP contribution in [0.5, 0.6) is 0 Å². The quantitative estimate of drug-likeness (QED) is 0.579. The van der Waals surface area contributed by atoms with Crippen LogP contribution in [0.4, 0.5) is 0 Å². The predicted molar refractivity (Wildman–Crippen MR) is 62.0 cm³/mol. The van der Waals surface area contributed by atoms with Crippen molar-refractivity contribution in [1.29, 1.82) is 0 Å². The second kappa shape index (κ2) is 5.06. The third-order valence-corrected chi connectivity index (χ3v) is 4.22. The molecule has 1 amide bonds. The van der Waals surface area contributed by atoms with Gasteiger partial charge in [0.1, 0.15) is 0 Å². The lowest BCUT2D eigenvalue weighted by molar-refractivity contribution is -0.107. The minimum atomic E-state index is 0.452. The molecule has 0 spiro atoms. The van der Waals surface area contributed by atoms with Crippen LogP contribution in [0, 0.1) is 11.3 Å². The molecule has 0 aromatic carbocycles. The van der Waals surface area contributed by atoms with Gasteiger partial charge in [-0.2, -0.15) is 0 Å². The van der Waals surface area contributed by atoms with Crippen LogP contribution in [0.3, 0.4) is 0 Å². The zero-order chi connectivity index (χ0) is 10.6. The van der Waals surface area contributed by atoms with Gasteiger partial charge >= 0.3 is 0 Å². The number of carbonyl (C=O) groups is 1. The summed E-state index contributed by atoms with van der Waals surface area (Å²) in [5.74, 6) is 0.857. The Kier molecular flexibility index (Phi) is 4.30. The van der Waals surface area contributed by atoms with Crippen molar-refractivity contribution in [2.45, 2.75) is 51.7 Å².